The van der Waals surface area contributed by atoms with Crippen LogP contribution < -0.4 is 0 Å². The minimum Gasteiger partial charge on any atom is -0.438 e. The molecular formula is C52H38N2O. The number of aromatic nitrogens is 2. The van der Waals surface area contributed by atoms with Crippen LogP contribution >= 0.6 is 0 Å². The molecule has 0 bridgehead atoms. The number of hydrogen-bond acceptors (Lipinski definition) is 3. The quantitative estimate of drug-likeness (QED) is 0.183. The van der Waals surface area contributed by atoms with Crippen molar-refractivity contribution in [3.63, 3.8) is 0 Å². The second-order valence-corrected chi connectivity index (χ2v) is 16.2. The summed E-state index contributed by atoms with van der Waals surface area (Å²) < 4.78 is 6.27. The lowest BCUT2D eigenvalue weighted by molar-refractivity contribution is 0.652. The molecule has 3 nitrogen and oxygen atoms in total. The van der Waals surface area contributed by atoms with E-state index in [4.69, 9.17) is 14.4 Å². The number of nitrogens with zero attached hydrogens (tertiary/aromatic N) is 2. The average molecular weight is 707 g/mol. The molecule has 2 aromatic heterocycles. The summed E-state index contributed by atoms with van der Waals surface area (Å²) >= 11 is 0. The van der Waals surface area contributed by atoms with Gasteiger partial charge in [0.1, 0.15) is 5.58 Å². The highest BCUT2D eigenvalue weighted by molar-refractivity contribution is 6.10. The van der Waals surface area contributed by atoms with Gasteiger partial charge in [-0.3, -0.25) is 0 Å². The third-order valence-electron chi connectivity index (χ3n) is 12.3. The van der Waals surface area contributed by atoms with E-state index in [0.29, 0.717) is 11.5 Å². The summed E-state index contributed by atoms with van der Waals surface area (Å²) in [4.78, 5) is 10.1. The van der Waals surface area contributed by atoms with Crippen LogP contribution in [0, 0.1) is 0 Å². The van der Waals surface area contributed by atoms with Gasteiger partial charge in [0, 0.05) is 27.3 Å². The number of hydrogen-bond donors (Lipinski definition) is 0. The first kappa shape index (κ1) is 31.9. The average Bonchev–Trinajstić information content (AvgIpc) is 3.79. The SMILES string of the molecule is CC1(C)c2ccccc2-c2cc3c(cc21)-c1ccc(-c2cccc(-c4ccc(-c5nc(-c6ccccc6)c6c(n5)oc5ccccc56)cc4)c2)cc1C3(C)C. The zero-order valence-electron chi connectivity index (χ0n) is 31.3. The van der Waals surface area contributed by atoms with E-state index >= 15 is 0 Å². The largest absolute Gasteiger partial charge is 0.438 e. The van der Waals surface area contributed by atoms with Gasteiger partial charge in [0.25, 0.3) is 0 Å². The maximum absolute atomic E-state index is 6.27. The van der Waals surface area contributed by atoms with E-state index in [-0.39, 0.29) is 10.8 Å². The molecule has 0 N–H and O–H groups in total. The molecule has 0 amide bonds. The number of fused-ring (bicyclic) bond motifs is 9. The van der Waals surface area contributed by atoms with Crippen LogP contribution in [0.4, 0.5) is 0 Å². The predicted molar refractivity (Wildman–Crippen MR) is 226 cm³/mol. The van der Waals surface area contributed by atoms with Gasteiger partial charge >= 0.3 is 0 Å². The van der Waals surface area contributed by atoms with Gasteiger partial charge < -0.3 is 4.42 Å². The summed E-state index contributed by atoms with van der Waals surface area (Å²) in [7, 11) is 0. The number of para-hydroxylation sites is 1. The lowest BCUT2D eigenvalue weighted by Gasteiger charge is -2.24. The summed E-state index contributed by atoms with van der Waals surface area (Å²) in [6.07, 6.45) is 0. The Bertz CT molecular complexity index is 3020. The molecule has 0 unspecified atom stereocenters. The maximum Gasteiger partial charge on any atom is 0.231 e. The van der Waals surface area contributed by atoms with Crippen molar-refractivity contribution in [1.29, 1.82) is 0 Å². The highest BCUT2D eigenvalue weighted by Gasteiger charge is 2.41. The van der Waals surface area contributed by atoms with Crippen molar-refractivity contribution in [2.24, 2.45) is 0 Å². The summed E-state index contributed by atoms with van der Waals surface area (Å²) in [5.74, 6) is 0.644. The zero-order chi connectivity index (χ0) is 37.1. The van der Waals surface area contributed by atoms with Crippen LogP contribution in [-0.2, 0) is 10.8 Å². The van der Waals surface area contributed by atoms with Crippen molar-refractivity contribution in [3.8, 4) is 67.2 Å². The molecule has 55 heavy (non-hydrogen) atoms. The highest BCUT2D eigenvalue weighted by atomic mass is 16.3. The van der Waals surface area contributed by atoms with Crippen molar-refractivity contribution in [1.82, 2.24) is 9.97 Å². The molecule has 2 heterocycles. The third-order valence-corrected chi connectivity index (χ3v) is 12.3. The highest BCUT2D eigenvalue weighted by Crippen LogP contribution is 2.56. The molecule has 2 aliphatic rings. The van der Waals surface area contributed by atoms with Crippen LogP contribution in [0.2, 0.25) is 0 Å². The van der Waals surface area contributed by atoms with Gasteiger partial charge in [-0.1, -0.05) is 155 Å². The van der Waals surface area contributed by atoms with Crippen molar-refractivity contribution >= 4 is 22.1 Å². The number of rotatable bonds is 4. The first-order valence-corrected chi connectivity index (χ1v) is 19.2. The normalized spacial score (nSPS) is 14.5. The lowest BCUT2D eigenvalue weighted by atomic mass is 9.79. The third kappa shape index (κ3) is 4.69. The topological polar surface area (TPSA) is 38.9 Å². The van der Waals surface area contributed by atoms with E-state index in [1.165, 1.54) is 61.2 Å². The molecule has 0 aliphatic heterocycles. The van der Waals surface area contributed by atoms with E-state index in [0.717, 1.165) is 38.7 Å². The molecule has 2 aliphatic carbocycles. The zero-order valence-corrected chi connectivity index (χ0v) is 31.3. The van der Waals surface area contributed by atoms with Gasteiger partial charge in [-0.05, 0) is 97.1 Å². The van der Waals surface area contributed by atoms with Gasteiger partial charge in [0.05, 0.1) is 11.1 Å². The van der Waals surface area contributed by atoms with Crippen LogP contribution in [-0.4, -0.2) is 9.97 Å². The molecule has 0 fully saturated rings. The van der Waals surface area contributed by atoms with Gasteiger partial charge in [0.15, 0.2) is 5.82 Å². The van der Waals surface area contributed by atoms with Crippen molar-refractivity contribution in [3.05, 3.63) is 180 Å². The molecule has 0 saturated heterocycles. The summed E-state index contributed by atoms with van der Waals surface area (Å²) in [6, 6.07) is 56.8. The van der Waals surface area contributed by atoms with Gasteiger partial charge in [0.2, 0.25) is 5.71 Å². The second-order valence-electron chi connectivity index (χ2n) is 16.2. The smallest absolute Gasteiger partial charge is 0.231 e. The Kier molecular flexibility index (Phi) is 6.65. The standard InChI is InChI=1S/C52H38N2O/c1-51(2)42-19-10-8-17-37(42)40-29-45-41(30-44(40)51)38-26-25-36(28-43(38)52(45,3)4)35-16-12-15-34(27-35)31-21-23-33(24-22-31)49-53-48(32-13-6-5-7-14-32)47-39-18-9-11-20-46(39)55-50(47)54-49/h5-30H,1-4H3. The molecular weight excluding hydrogens is 669 g/mol. The Hall–Kier alpha value is -6.58. The van der Waals surface area contributed by atoms with Crippen LogP contribution in [0.25, 0.3) is 89.2 Å². The Morgan fingerprint density at radius 3 is 1.75 bits per heavy atom. The molecule has 9 aromatic rings. The molecule has 3 heteroatoms. The Balaban J connectivity index is 0.937. The van der Waals surface area contributed by atoms with E-state index < -0.39 is 0 Å². The van der Waals surface area contributed by atoms with Crippen LogP contribution in [0.3, 0.4) is 0 Å². The van der Waals surface area contributed by atoms with Crippen molar-refractivity contribution in [2.75, 3.05) is 0 Å². The summed E-state index contributed by atoms with van der Waals surface area (Å²) in [5, 5.41) is 1.96. The minimum absolute atomic E-state index is 0.0211. The van der Waals surface area contributed by atoms with E-state index in [9.17, 15) is 0 Å². The fourth-order valence-electron chi connectivity index (χ4n) is 9.36. The minimum atomic E-state index is -0.112. The number of furan rings is 1. The first-order valence-electron chi connectivity index (χ1n) is 19.2. The summed E-state index contributed by atoms with van der Waals surface area (Å²) in [6.45, 7) is 9.50. The monoisotopic (exact) mass is 706 g/mol. The number of benzene rings is 7. The maximum atomic E-state index is 6.27. The molecule has 7 aromatic carbocycles. The van der Waals surface area contributed by atoms with Crippen LogP contribution in [0.5, 0.6) is 0 Å². The summed E-state index contributed by atoms with van der Waals surface area (Å²) in [5.41, 5.74) is 20.0. The molecule has 262 valence electrons. The fraction of sp³-hybridized carbons (Fsp3) is 0.115. The second kappa shape index (κ2) is 11.5. The van der Waals surface area contributed by atoms with Gasteiger partial charge in [-0.2, -0.15) is 4.98 Å². The first-order chi connectivity index (χ1) is 26.8. The van der Waals surface area contributed by atoms with E-state index in [1.807, 2.05) is 36.4 Å². The molecule has 0 atom stereocenters. The van der Waals surface area contributed by atoms with E-state index in [2.05, 4.69) is 149 Å². The Morgan fingerprint density at radius 1 is 0.400 bits per heavy atom. The molecule has 0 spiro atoms. The lowest BCUT2D eigenvalue weighted by Crippen LogP contribution is -2.17. The Morgan fingerprint density at radius 2 is 0.964 bits per heavy atom. The van der Waals surface area contributed by atoms with E-state index in [1.54, 1.807) is 0 Å². The predicted octanol–water partition coefficient (Wildman–Crippen LogP) is 13.7. The van der Waals surface area contributed by atoms with Gasteiger partial charge in [-0.25, -0.2) is 4.98 Å². The molecule has 0 saturated carbocycles. The van der Waals surface area contributed by atoms with Crippen molar-refractivity contribution < 1.29 is 4.42 Å². The van der Waals surface area contributed by atoms with Gasteiger partial charge in [-0.15, -0.1) is 0 Å². The van der Waals surface area contributed by atoms with Crippen LogP contribution in [0.15, 0.2) is 162 Å². The molecule has 11 rings (SSSR count). The van der Waals surface area contributed by atoms with Crippen LogP contribution in [0.1, 0.15) is 49.9 Å². The Labute approximate surface area is 321 Å². The molecule has 0 radical (unpaired) electrons. The fourth-order valence-corrected chi connectivity index (χ4v) is 9.36. The van der Waals surface area contributed by atoms with Crippen molar-refractivity contribution in [2.45, 2.75) is 38.5 Å².